The summed E-state index contributed by atoms with van der Waals surface area (Å²) in [5.74, 6) is -1.55. The van der Waals surface area contributed by atoms with Crippen molar-refractivity contribution in [2.45, 2.75) is 77.6 Å². The Balaban J connectivity index is 3.44. The van der Waals surface area contributed by atoms with Gasteiger partial charge in [0.25, 0.3) is 0 Å². The molecule has 0 amide bonds. The molecular weight excluding hydrogens is 244 g/mol. The number of unbranched alkanes of at least 4 members (excludes halogenated alkanes) is 6. The summed E-state index contributed by atoms with van der Waals surface area (Å²) < 4.78 is 0. The lowest BCUT2D eigenvalue weighted by molar-refractivity contribution is -0.142. The van der Waals surface area contributed by atoms with Gasteiger partial charge in [-0.2, -0.15) is 0 Å². The van der Waals surface area contributed by atoms with E-state index in [9.17, 15) is 9.59 Å². The maximum Gasteiger partial charge on any atom is 0.306 e. The van der Waals surface area contributed by atoms with Gasteiger partial charge in [0.2, 0.25) is 0 Å². The lowest BCUT2D eigenvalue weighted by Crippen LogP contribution is -2.13. The average Bonchev–Trinajstić information content (AvgIpc) is 2.35. The minimum atomic E-state index is -0.722. The van der Waals surface area contributed by atoms with E-state index in [2.05, 4.69) is 6.92 Å². The Morgan fingerprint density at radius 2 is 1.37 bits per heavy atom. The first kappa shape index (κ1) is 17.9. The van der Waals surface area contributed by atoms with Crippen LogP contribution in [-0.4, -0.2) is 22.2 Å². The van der Waals surface area contributed by atoms with Crippen molar-refractivity contribution in [1.82, 2.24) is 0 Å². The molecule has 0 saturated carbocycles. The fourth-order valence-corrected chi connectivity index (χ4v) is 2.22. The van der Waals surface area contributed by atoms with Crippen molar-refractivity contribution in [3.8, 4) is 0 Å². The van der Waals surface area contributed by atoms with Crippen LogP contribution in [0, 0.1) is 5.92 Å². The van der Waals surface area contributed by atoms with Crippen molar-refractivity contribution in [2.75, 3.05) is 0 Å². The van der Waals surface area contributed by atoms with Crippen LogP contribution < -0.4 is 0 Å². The molecule has 0 saturated heterocycles. The first-order chi connectivity index (χ1) is 9.07. The van der Waals surface area contributed by atoms with E-state index >= 15 is 0 Å². The van der Waals surface area contributed by atoms with Gasteiger partial charge in [0, 0.05) is 6.42 Å². The van der Waals surface area contributed by atoms with Crippen LogP contribution in [0.25, 0.3) is 0 Å². The van der Waals surface area contributed by atoms with Gasteiger partial charge < -0.3 is 10.2 Å². The molecule has 0 aromatic carbocycles. The number of hydrogen-bond acceptors (Lipinski definition) is 2. The number of carboxylic acids is 2. The van der Waals surface area contributed by atoms with E-state index < -0.39 is 11.9 Å². The summed E-state index contributed by atoms with van der Waals surface area (Å²) in [5, 5.41) is 17.6. The van der Waals surface area contributed by atoms with E-state index in [0.29, 0.717) is 0 Å². The molecule has 0 heterocycles. The molecule has 0 aliphatic carbocycles. The molecule has 0 spiro atoms. The molecule has 112 valence electrons. The number of hydrogen-bond donors (Lipinski definition) is 2. The van der Waals surface area contributed by atoms with E-state index in [0.717, 1.165) is 64.2 Å². The predicted octanol–water partition coefficient (Wildman–Crippen LogP) is 4.08. The monoisotopic (exact) mass is 272 g/mol. The summed E-state index contributed by atoms with van der Waals surface area (Å²) in [6, 6.07) is 0. The number of carbonyl (C=O) groups is 2. The third-order valence-electron chi connectivity index (χ3n) is 3.45. The Bertz CT molecular complexity index is 251. The highest BCUT2D eigenvalue weighted by atomic mass is 16.4. The lowest BCUT2D eigenvalue weighted by Gasteiger charge is -2.11. The maximum absolute atomic E-state index is 11.0. The van der Waals surface area contributed by atoms with Crippen LogP contribution in [0.4, 0.5) is 0 Å². The fourth-order valence-electron chi connectivity index (χ4n) is 2.22. The molecule has 0 rings (SSSR count). The summed E-state index contributed by atoms with van der Waals surface area (Å²) >= 11 is 0. The van der Waals surface area contributed by atoms with Crippen molar-refractivity contribution < 1.29 is 19.8 Å². The first-order valence-electron chi connectivity index (χ1n) is 7.52. The molecule has 0 bridgehead atoms. The average molecular weight is 272 g/mol. The lowest BCUT2D eigenvalue weighted by atomic mass is 9.95. The largest absolute Gasteiger partial charge is 0.481 e. The van der Waals surface area contributed by atoms with Gasteiger partial charge in [-0.15, -0.1) is 0 Å². The van der Waals surface area contributed by atoms with E-state index in [1.54, 1.807) is 0 Å². The van der Waals surface area contributed by atoms with Gasteiger partial charge in [-0.25, -0.2) is 0 Å². The zero-order valence-corrected chi connectivity index (χ0v) is 12.1. The number of aliphatic carboxylic acids is 2. The molecular formula is C15H28O4. The van der Waals surface area contributed by atoms with E-state index in [1.807, 2.05) is 0 Å². The summed E-state index contributed by atoms with van der Waals surface area (Å²) in [6.45, 7) is 2.08. The molecule has 0 aromatic rings. The van der Waals surface area contributed by atoms with Crippen molar-refractivity contribution in [2.24, 2.45) is 5.92 Å². The van der Waals surface area contributed by atoms with Crippen LogP contribution in [0.3, 0.4) is 0 Å². The van der Waals surface area contributed by atoms with E-state index in [1.165, 1.54) is 0 Å². The zero-order valence-electron chi connectivity index (χ0n) is 12.1. The molecule has 0 radical (unpaired) electrons. The van der Waals surface area contributed by atoms with Crippen LogP contribution in [0.15, 0.2) is 0 Å². The van der Waals surface area contributed by atoms with Crippen LogP contribution >= 0.6 is 0 Å². The quantitative estimate of drug-likeness (QED) is 0.495. The highest BCUT2D eigenvalue weighted by molar-refractivity contribution is 5.69. The van der Waals surface area contributed by atoms with Gasteiger partial charge in [-0.1, -0.05) is 51.9 Å². The molecule has 4 heteroatoms. The molecule has 0 aliphatic heterocycles. The van der Waals surface area contributed by atoms with Gasteiger partial charge in [0.15, 0.2) is 0 Å². The summed E-state index contributed by atoms with van der Waals surface area (Å²) in [4.78, 5) is 21.3. The Morgan fingerprint density at radius 1 is 0.842 bits per heavy atom. The Kier molecular flexibility index (Phi) is 11.3. The first-order valence-corrected chi connectivity index (χ1v) is 7.52. The molecule has 0 aromatic heterocycles. The predicted molar refractivity (Wildman–Crippen MR) is 75.2 cm³/mol. The van der Waals surface area contributed by atoms with E-state index in [4.69, 9.17) is 10.2 Å². The fraction of sp³-hybridized carbons (Fsp3) is 0.867. The number of rotatable bonds is 13. The Labute approximate surface area is 116 Å². The highest BCUT2D eigenvalue weighted by Crippen LogP contribution is 2.18. The molecule has 0 fully saturated rings. The van der Waals surface area contributed by atoms with E-state index in [-0.39, 0.29) is 12.3 Å². The topological polar surface area (TPSA) is 74.6 Å². The molecule has 1 unspecified atom stereocenters. The van der Waals surface area contributed by atoms with Gasteiger partial charge in [0.1, 0.15) is 0 Å². The normalized spacial score (nSPS) is 12.3. The maximum atomic E-state index is 11.0. The smallest absolute Gasteiger partial charge is 0.306 e. The third kappa shape index (κ3) is 11.7. The molecule has 0 aliphatic rings. The molecule has 2 N–H and O–H groups in total. The van der Waals surface area contributed by atoms with Crippen LogP contribution in [-0.2, 0) is 9.59 Å². The van der Waals surface area contributed by atoms with Gasteiger partial charge >= 0.3 is 11.9 Å². The summed E-state index contributed by atoms with van der Waals surface area (Å²) in [5.41, 5.74) is 0. The van der Waals surface area contributed by atoms with Crippen molar-refractivity contribution in [3.05, 3.63) is 0 Å². The second-order valence-electron chi connectivity index (χ2n) is 5.23. The van der Waals surface area contributed by atoms with Crippen LogP contribution in [0.5, 0.6) is 0 Å². The second kappa shape index (κ2) is 12.0. The molecule has 19 heavy (non-hydrogen) atoms. The summed E-state index contributed by atoms with van der Waals surface area (Å²) in [6.07, 6.45) is 9.77. The second-order valence-corrected chi connectivity index (χ2v) is 5.23. The van der Waals surface area contributed by atoms with Crippen LogP contribution in [0.1, 0.15) is 77.6 Å². The van der Waals surface area contributed by atoms with Gasteiger partial charge in [0.05, 0.1) is 5.92 Å². The Morgan fingerprint density at radius 3 is 1.89 bits per heavy atom. The Hall–Kier alpha value is -1.06. The van der Waals surface area contributed by atoms with Gasteiger partial charge in [-0.3, -0.25) is 9.59 Å². The number of carboxylic acid groups (broad SMARTS) is 2. The zero-order chi connectivity index (χ0) is 14.5. The van der Waals surface area contributed by atoms with Gasteiger partial charge in [-0.05, 0) is 19.3 Å². The van der Waals surface area contributed by atoms with Crippen LogP contribution in [0.2, 0.25) is 0 Å². The van der Waals surface area contributed by atoms with Crippen molar-refractivity contribution in [1.29, 1.82) is 0 Å². The molecule has 1 atom stereocenters. The molecule has 4 nitrogen and oxygen atoms in total. The SMILES string of the molecule is CCCCC(CCCCCCCCC(=O)O)C(=O)O. The highest BCUT2D eigenvalue weighted by Gasteiger charge is 2.15. The third-order valence-corrected chi connectivity index (χ3v) is 3.45. The standard InChI is InChI=1S/C15H28O4/c1-2-3-10-13(15(18)19)11-8-6-4-5-7-9-12-14(16)17/h13H,2-12H2,1H3,(H,16,17)(H,18,19). The minimum absolute atomic E-state index is 0.174. The minimum Gasteiger partial charge on any atom is -0.481 e. The van der Waals surface area contributed by atoms with Crippen molar-refractivity contribution in [3.63, 3.8) is 0 Å². The van der Waals surface area contributed by atoms with Crippen molar-refractivity contribution >= 4 is 11.9 Å². The summed E-state index contributed by atoms with van der Waals surface area (Å²) in [7, 11) is 0.